The monoisotopic (exact) mass is 1620 g/mol. The van der Waals surface area contributed by atoms with Crippen LogP contribution in [-0.2, 0) is 94.4 Å². The van der Waals surface area contributed by atoms with Gasteiger partial charge in [0, 0.05) is 70.7 Å². The Hall–Kier alpha value is -12.6. The minimum atomic E-state index is -1.53. The van der Waals surface area contributed by atoms with Crippen molar-refractivity contribution in [1.82, 2.24) is 99.0 Å². The van der Waals surface area contributed by atoms with Gasteiger partial charge in [-0.05, 0) is 133 Å². The third-order valence-corrected chi connectivity index (χ3v) is 17.6. The van der Waals surface area contributed by atoms with Crippen LogP contribution < -0.4 is 109 Å². The van der Waals surface area contributed by atoms with Crippen molar-refractivity contribution in [2.24, 2.45) is 40.1 Å². The molecule has 11 atom stereocenters. The number of amides is 12. The van der Waals surface area contributed by atoms with Crippen molar-refractivity contribution in [2.75, 3.05) is 39.3 Å². The number of imidazole rings is 3. The van der Waals surface area contributed by atoms with Gasteiger partial charge in [0.25, 0.3) is 5.97 Å². The number of aromatic amines is 3. The van der Waals surface area contributed by atoms with E-state index in [1.165, 1.54) is 68.8 Å². The van der Waals surface area contributed by atoms with Gasteiger partial charge in [0.05, 0.1) is 48.7 Å². The third-order valence-electron chi connectivity index (χ3n) is 17.6. The minimum absolute atomic E-state index is 0.00795. The molecule has 43 heteroatoms. The molecule has 116 heavy (non-hydrogen) atoms. The number of aromatic hydroxyl groups is 1. The second-order valence-corrected chi connectivity index (χ2v) is 27.3. The molecule has 12 amide bonds. The average Bonchev–Trinajstić information content (AvgIpc) is 1.10. The van der Waals surface area contributed by atoms with E-state index in [1.807, 2.05) is 0 Å². The summed E-state index contributed by atoms with van der Waals surface area (Å²) in [7, 11) is 0. The van der Waals surface area contributed by atoms with E-state index in [1.54, 1.807) is 30.3 Å². The van der Waals surface area contributed by atoms with E-state index >= 15 is 0 Å². The van der Waals surface area contributed by atoms with Crippen molar-refractivity contribution in [2.45, 2.75) is 196 Å². The number of hydrogen-bond donors (Lipinski definition) is 27. The predicted octanol–water partition coefficient (Wildman–Crippen LogP) is -6.12. The third kappa shape index (κ3) is 37.8. The lowest BCUT2D eigenvalue weighted by Crippen LogP contribution is -2.60. The topological polar surface area (TPSA) is 735 Å². The zero-order valence-electron chi connectivity index (χ0n) is 65.1. The summed E-state index contributed by atoms with van der Waals surface area (Å²) in [6.45, 7) is 2.52. The number of aliphatic carboxylic acids is 1. The van der Waals surface area contributed by atoms with Crippen LogP contribution in [0.3, 0.4) is 0 Å². The number of carbonyl (C=O) groups is 13. The summed E-state index contributed by atoms with van der Waals surface area (Å²) in [5, 5.41) is 67.5. The molecule has 2 aromatic carbocycles. The van der Waals surface area contributed by atoms with Gasteiger partial charge < -0.3 is 134 Å². The Morgan fingerprint density at radius 3 is 1.03 bits per heavy atom. The van der Waals surface area contributed by atoms with Crippen molar-refractivity contribution in [3.8, 4) is 5.75 Å². The zero-order chi connectivity index (χ0) is 85.5. The van der Waals surface area contributed by atoms with Gasteiger partial charge in [0.1, 0.15) is 66.2 Å². The molecule has 5 aromatic rings. The van der Waals surface area contributed by atoms with Gasteiger partial charge >= 0.3 is 0 Å². The van der Waals surface area contributed by atoms with E-state index < -0.39 is 150 Å². The first-order valence-electron chi connectivity index (χ1n) is 38.0. The molecule has 0 fully saturated rings. The summed E-state index contributed by atoms with van der Waals surface area (Å²) in [6.07, 6.45) is 9.85. The maximum atomic E-state index is 14.8. The molecule has 5 rings (SSSR count). The van der Waals surface area contributed by atoms with Gasteiger partial charge in [0.2, 0.25) is 70.9 Å². The molecular formula is C73H114N28O15. The van der Waals surface area contributed by atoms with Crippen molar-refractivity contribution in [1.29, 1.82) is 10.8 Å². The number of H-pyrrole nitrogens is 3. The van der Waals surface area contributed by atoms with Crippen LogP contribution >= 0.6 is 0 Å². The highest BCUT2D eigenvalue weighted by Gasteiger charge is 2.37. The lowest BCUT2D eigenvalue weighted by molar-refractivity contribution is -0.135. The average molecular weight is 1620 g/mol. The van der Waals surface area contributed by atoms with Gasteiger partial charge in [-0.2, -0.15) is 0 Å². The number of phenolic OH excluding ortho intramolecular Hbond substituents is 1. The van der Waals surface area contributed by atoms with Crippen molar-refractivity contribution < 1.29 is 72.5 Å². The first kappa shape index (κ1) is 95.7. The number of hydrogen-bond acceptors (Lipinski definition) is 23. The van der Waals surface area contributed by atoms with E-state index in [0.29, 0.717) is 55.5 Å². The molecule has 0 saturated heterocycles. The number of carboxylic acids is 1. The molecule has 0 saturated carbocycles. The summed E-state index contributed by atoms with van der Waals surface area (Å²) in [6, 6.07) is -0.623. The van der Waals surface area contributed by atoms with Crippen molar-refractivity contribution in [3.05, 3.63) is 120 Å². The number of rotatable bonds is 53. The molecular weight excluding hydrogens is 1510 g/mol. The van der Waals surface area contributed by atoms with Gasteiger partial charge in [-0.25, -0.2) is 15.0 Å². The van der Waals surface area contributed by atoms with Crippen molar-refractivity contribution >= 4 is 88.8 Å². The fraction of sp³-hybridized carbons (Fsp3) is 0.507. The summed E-state index contributed by atoms with van der Waals surface area (Å²) < 4.78 is 0. The molecule has 43 nitrogen and oxygen atoms in total. The Morgan fingerprint density at radius 1 is 0.397 bits per heavy atom. The van der Waals surface area contributed by atoms with Gasteiger partial charge in [0.15, 0.2) is 11.9 Å². The zero-order valence-corrected chi connectivity index (χ0v) is 65.1. The molecule has 0 bridgehead atoms. The minimum Gasteiger partial charge on any atom is -0.508 e. The van der Waals surface area contributed by atoms with Crippen LogP contribution in [0.15, 0.2) is 92.2 Å². The quantitative estimate of drug-likeness (QED) is 0.00979. The van der Waals surface area contributed by atoms with E-state index in [0.717, 1.165) is 6.92 Å². The molecule has 3 heterocycles. The van der Waals surface area contributed by atoms with Crippen LogP contribution in [0.4, 0.5) is 0 Å². The Kier molecular flexibility index (Phi) is 43.4. The lowest BCUT2D eigenvalue weighted by atomic mass is 10.0. The Labute approximate surface area is 670 Å². The highest BCUT2D eigenvalue weighted by Crippen LogP contribution is 2.16. The van der Waals surface area contributed by atoms with Gasteiger partial charge in [-0.1, -0.05) is 42.5 Å². The van der Waals surface area contributed by atoms with Crippen LogP contribution in [0.5, 0.6) is 5.75 Å². The van der Waals surface area contributed by atoms with E-state index in [9.17, 15) is 62.6 Å². The number of guanidine groups is 2. The number of nitrogens with two attached hydrogens (primary N) is 7. The number of primary amides is 1. The van der Waals surface area contributed by atoms with E-state index in [2.05, 4.69) is 99.0 Å². The molecule has 34 N–H and O–H groups in total. The van der Waals surface area contributed by atoms with Gasteiger partial charge in [-0.15, -0.1) is 0 Å². The number of phenols is 1. The summed E-state index contributed by atoms with van der Waals surface area (Å²) in [5.74, 6) is -11.9. The fourth-order valence-corrected chi connectivity index (χ4v) is 11.5. The van der Waals surface area contributed by atoms with Crippen LogP contribution in [0.2, 0.25) is 0 Å². The molecule has 0 unspecified atom stereocenters. The maximum absolute atomic E-state index is 14.8. The molecule has 0 spiro atoms. The second-order valence-electron chi connectivity index (χ2n) is 27.3. The maximum Gasteiger partial charge on any atom is 0.300 e. The molecule has 0 radical (unpaired) electrons. The molecule has 3 aromatic heterocycles. The summed E-state index contributed by atoms with van der Waals surface area (Å²) in [5.41, 5.74) is 42.1. The SMILES string of the molecule is CC(=O)O.C[C@H](N)C(=O)N[C@@H](CCCCN)C(=O)N[C@@H](CCCNC(=N)N)C(=O)N[C@@H](Cc1c[nH]cn1)C(=O)N[C@@H](Cc1c[nH]cn1)C(=O)NCC(=O)N[C@@H](Cc1ccc(O)cc1)C(=O)N[C@@H](CCCCN)C(=O)N[C@@H](CCCNC(=N)N)C(=O)N[C@@H](CCCCN)C(=O)N[C@@H](Cc1ccccc1)C(=O)N[C@@H](Cc1c[nH]cn1)C(N)=O. The predicted molar refractivity (Wildman–Crippen MR) is 424 cm³/mol. The standard InChI is InChI=1S/C71H110N28O13.C2H4O2/c1-41(75)60(103)91-48(15-5-8-24-72)62(105)94-52(19-12-28-85-71(79)80)66(109)99-57(33-46-36-83-40-89-46)69(112)98-56(32-45-35-82-39-88-45)61(104)86-37-58(101)90-54(30-43-20-22-47(100)23-21-43)67(110)95-49(16-6-9-25-73)63(106)93-51(18-11-27-84-70(77)78)64(107)92-50(17-7-10-26-74)65(108)97-55(29-42-13-3-2-4-14-42)68(111)96-53(59(76)102)31-44-34-81-38-87-44;1-2(3)4/h2-4,13-14,20-23,34-36,38-41,48-57,100H,5-12,15-19,24-33,37,72-75H2,1H3,(H2,76,102)(H,81,87)(H,82,88)(H,83,89)(H,86,104)(H,90,101)(H,91,103)(H,92,107)(H,93,106)(H,94,105)(H,95,110)(H,96,111)(H,97,108)(H,98,112)(H,99,109)(H4,77,78,84)(H4,79,80,85);1H3,(H,3,4)/t41-,48-,49-,50-,51-,52-,53-,54-,55-,56-,57-;/m0./s1. The number of nitrogens with zero attached hydrogens (tertiary/aromatic N) is 3. The fourth-order valence-electron chi connectivity index (χ4n) is 11.5. The largest absolute Gasteiger partial charge is 0.508 e. The van der Waals surface area contributed by atoms with Crippen LogP contribution in [0, 0.1) is 10.8 Å². The van der Waals surface area contributed by atoms with Crippen LogP contribution in [-0.4, -0.2) is 235 Å². The second kappa shape index (κ2) is 52.6. The van der Waals surface area contributed by atoms with Crippen molar-refractivity contribution in [3.63, 3.8) is 0 Å². The Bertz CT molecular complexity index is 3910. The van der Waals surface area contributed by atoms with E-state index in [4.69, 9.17) is 60.9 Å². The molecule has 0 aliphatic carbocycles. The first-order chi connectivity index (χ1) is 55.4. The number of benzene rings is 2. The van der Waals surface area contributed by atoms with Gasteiger partial charge in [-0.3, -0.25) is 73.1 Å². The van der Waals surface area contributed by atoms with E-state index in [-0.39, 0.29) is 139 Å². The number of aromatic nitrogens is 6. The molecule has 0 aliphatic heterocycles. The molecule has 0 aliphatic rings. The lowest BCUT2D eigenvalue weighted by Gasteiger charge is -2.28. The normalized spacial score (nSPS) is 13.7. The Morgan fingerprint density at radius 2 is 0.698 bits per heavy atom. The molecule has 636 valence electrons. The number of carbonyl (C=O) groups excluding carboxylic acids is 12. The van der Waals surface area contributed by atoms with Crippen LogP contribution in [0.1, 0.15) is 126 Å². The number of unbranched alkanes of at least 4 members (excludes halogenated alkanes) is 3. The summed E-state index contributed by atoms with van der Waals surface area (Å²) in [4.78, 5) is 200. The number of nitrogens with one attached hydrogen (secondary N) is 18. The highest BCUT2D eigenvalue weighted by molar-refractivity contribution is 5.99. The highest BCUT2D eigenvalue weighted by atomic mass is 16.4. The summed E-state index contributed by atoms with van der Waals surface area (Å²) >= 11 is 0. The number of carboxylic acid groups (broad SMARTS) is 1. The smallest absolute Gasteiger partial charge is 0.300 e. The Balaban J connectivity index is 0.00000691. The van der Waals surface area contributed by atoms with Crippen LogP contribution in [0.25, 0.3) is 0 Å². The first-order valence-corrected chi connectivity index (χ1v) is 38.0.